The van der Waals surface area contributed by atoms with Gasteiger partial charge in [0.05, 0.1) is 5.41 Å². The molecule has 14 heavy (non-hydrogen) atoms. The van der Waals surface area contributed by atoms with Gasteiger partial charge >= 0.3 is 5.97 Å². The maximum atomic E-state index is 11.6. The number of carbonyl (C=O) groups excluding carboxylic acids is 3. The zero-order valence-corrected chi connectivity index (χ0v) is 7.78. The smallest absolute Gasteiger partial charge is 0.302 e. The van der Waals surface area contributed by atoms with Crippen LogP contribution in [0.2, 0.25) is 0 Å². The molecule has 4 nitrogen and oxygen atoms in total. The van der Waals surface area contributed by atoms with Gasteiger partial charge in [-0.1, -0.05) is 0 Å². The molecule has 3 aliphatic carbocycles. The normalized spacial score (nSPS) is 47.9. The number of esters is 1. The van der Waals surface area contributed by atoms with E-state index in [1.165, 1.54) is 6.92 Å². The summed E-state index contributed by atoms with van der Waals surface area (Å²) in [6.07, 6.45) is 0.444. The molecule has 0 heterocycles. The minimum atomic E-state index is -0.541. The number of carbonyl (C=O) groups is 3. The Morgan fingerprint density at radius 3 is 2.79 bits per heavy atom. The van der Waals surface area contributed by atoms with Crippen LogP contribution in [0.3, 0.4) is 0 Å². The molecule has 3 saturated carbocycles. The van der Waals surface area contributed by atoms with E-state index in [2.05, 4.69) is 0 Å². The second-order valence-corrected chi connectivity index (χ2v) is 4.36. The van der Waals surface area contributed by atoms with Crippen molar-refractivity contribution in [3.8, 4) is 0 Å². The first-order valence-electron chi connectivity index (χ1n) is 4.83. The van der Waals surface area contributed by atoms with Crippen LogP contribution in [-0.4, -0.2) is 23.6 Å². The number of ether oxygens (including phenoxy) is 1. The monoisotopic (exact) mass is 194 g/mol. The summed E-state index contributed by atoms with van der Waals surface area (Å²) in [6.45, 7) is 1.33. The summed E-state index contributed by atoms with van der Waals surface area (Å²) in [4.78, 5) is 33.6. The summed E-state index contributed by atoms with van der Waals surface area (Å²) in [5.41, 5.74) is -0.541. The van der Waals surface area contributed by atoms with Crippen molar-refractivity contribution >= 4 is 17.5 Å². The molecule has 3 fully saturated rings. The Kier molecular flexibility index (Phi) is 1.21. The summed E-state index contributed by atoms with van der Waals surface area (Å²) >= 11 is 0. The zero-order valence-electron chi connectivity index (χ0n) is 7.78. The van der Waals surface area contributed by atoms with Gasteiger partial charge in [-0.2, -0.15) is 0 Å². The van der Waals surface area contributed by atoms with Crippen molar-refractivity contribution in [1.82, 2.24) is 0 Å². The third-order valence-electron chi connectivity index (χ3n) is 3.73. The Hall–Kier alpha value is -1.19. The third kappa shape index (κ3) is 0.656. The maximum absolute atomic E-state index is 11.6. The van der Waals surface area contributed by atoms with Gasteiger partial charge in [-0.05, 0) is 0 Å². The molecular weight excluding hydrogens is 184 g/mol. The maximum Gasteiger partial charge on any atom is 0.302 e. The van der Waals surface area contributed by atoms with E-state index in [1.54, 1.807) is 0 Å². The van der Waals surface area contributed by atoms with Crippen molar-refractivity contribution in [3.05, 3.63) is 0 Å². The second kappa shape index (κ2) is 2.07. The lowest BCUT2D eigenvalue weighted by molar-refractivity contribution is -0.150. The molecule has 0 aromatic heterocycles. The van der Waals surface area contributed by atoms with Crippen molar-refractivity contribution < 1.29 is 19.1 Å². The fraction of sp³-hybridized carbons (Fsp3) is 0.700. The van der Waals surface area contributed by atoms with E-state index in [-0.39, 0.29) is 35.5 Å². The van der Waals surface area contributed by atoms with Crippen LogP contribution in [0, 0.1) is 17.3 Å². The number of ketones is 2. The van der Waals surface area contributed by atoms with Crippen LogP contribution in [0.5, 0.6) is 0 Å². The van der Waals surface area contributed by atoms with Gasteiger partial charge in [0, 0.05) is 31.6 Å². The lowest BCUT2D eigenvalue weighted by Gasteiger charge is -2.21. The zero-order chi connectivity index (χ0) is 10.1. The van der Waals surface area contributed by atoms with E-state index in [4.69, 9.17) is 4.74 Å². The topological polar surface area (TPSA) is 60.4 Å². The SMILES string of the molecule is CC(=O)OC1C2C3C(=O)CCC(=O)C132. The number of Topliss-reactive ketones (excluding diaryl/α,β-unsaturated/α-hetero) is 2. The molecule has 4 heteroatoms. The largest absolute Gasteiger partial charge is 0.461 e. The molecule has 0 aliphatic heterocycles. The summed E-state index contributed by atoms with van der Waals surface area (Å²) < 4.78 is 4.99. The van der Waals surface area contributed by atoms with Crippen LogP contribution in [0.4, 0.5) is 0 Å². The summed E-state index contributed by atoms with van der Waals surface area (Å²) in [5.74, 6) is -0.125. The number of rotatable bonds is 1. The Balaban J connectivity index is 1.80. The fourth-order valence-electron chi connectivity index (χ4n) is 3.01. The molecule has 0 aromatic rings. The first kappa shape index (κ1) is 8.15. The first-order valence-corrected chi connectivity index (χ1v) is 4.83. The summed E-state index contributed by atoms with van der Waals surface area (Å²) in [7, 11) is 0. The van der Waals surface area contributed by atoms with E-state index in [0.717, 1.165) is 0 Å². The highest BCUT2D eigenvalue weighted by atomic mass is 16.6. The average molecular weight is 194 g/mol. The van der Waals surface area contributed by atoms with E-state index in [0.29, 0.717) is 12.8 Å². The quantitative estimate of drug-likeness (QED) is 0.555. The second-order valence-electron chi connectivity index (χ2n) is 4.36. The molecule has 0 bridgehead atoms. The highest BCUT2D eigenvalue weighted by molar-refractivity contribution is 6.09. The van der Waals surface area contributed by atoms with E-state index < -0.39 is 5.41 Å². The number of hydrogen-bond acceptors (Lipinski definition) is 4. The van der Waals surface area contributed by atoms with Gasteiger partial charge in [-0.15, -0.1) is 0 Å². The molecule has 1 spiro atoms. The molecule has 0 N–H and O–H groups in total. The standard InChI is InChI=1S/C10H10O4/c1-4(11)14-9-8-7-5(12)2-3-6(13)10(7,8)9/h7-9H,2-3H2,1H3. The third-order valence-corrected chi connectivity index (χ3v) is 3.73. The van der Waals surface area contributed by atoms with Crippen molar-refractivity contribution in [3.63, 3.8) is 0 Å². The van der Waals surface area contributed by atoms with Crippen molar-refractivity contribution in [2.24, 2.45) is 17.3 Å². The Morgan fingerprint density at radius 2 is 2.14 bits per heavy atom. The van der Waals surface area contributed by atoms with Crippen LogP contribution in [0.15, 0.2) is 0 Å². The van der Waals surface area contributed by atoms with Crippen LogP contribution in [0.25, 0.3) is 0 Å². The first-order chi connectivity index (χ1) is 6.60. The lowest BCUT2D eigenvalue weighted by atomic mass is 9.86. The predicted molar refractivity (Wildman–Crippen MR) is 44.2 cm³/mol. The Morgan fingerprint density at radius 1 is 1.43 bits per heavy atom. The van der Waals surface area contributed by atoms with Crippen LogP contribution in [0.1, 0.15) is 19.8 Å². The molecule has 0 saturated heterocycles. The molecule has 74 valence electrons. The molecule has 4 atom stereocenters. The van der Waals surface area contributed by atoms with Crippen molar-refractivity contribution in [1.29, 1.82) is 0 Å². The van der Waals surface area contributed by atoms with Gasteiger partial charge in [-0.25, -0.2) is 0 Å². The minimum Gasteiger partial charge on any atom is -0.461 e. The average Bonchev–Trinajstić information content (AvgIpc) is 2.93. The van der Waals surface area contributed by atoms with Gasteiger partial charge in [0.25, 0.3) is 0 Å². The van der Waals surface area contributed by atoms with Crippen molar-refractivity contribution in [2.45, 2.75) is 25.9 Å². The van der Waals surface area contributed by atoms with Crippen LogP contribution >= 0.6 is 0 Å². The lowest BCUT2D eigenvalue weighted by Crippen LogP contribution is -2.34. The van der Waals surface area contributed by atoms with Crippen LogP contribution in [-0.2, 0) is 19.1 Å². The van der Waals surface area contributed by atoms with Crippen molar-refractivity contribution in [2.75, 3.05) is 0 Å². The van der Waals surface area contributed by atoms with E-state index in [1.807, 2.05) is 0 Å². The molecular formula is C10H10O4. The van der Waals surface area contributed by atoms with Crippen LogP contribution < -0.4 is 0 Å². The molecule has 4 unspecified atom stereocenters. The summed E-state index contributed by atoms with van der Waals surface area (Å²) in [6, 6.07) is 0. The van der Waals surface area contributed by atoms with E-state index >= 15 is 0 Å². The molecule has 3 rings (SSSR count). The van der Waals surface area contributed by atoms with E-state index in [9.17, 15) is 14.4 Å². The van der Waals surface area contributed by atoms with Gasteiger partial charge in [0.15, 0.2) is 0 Å². The Bertz CT molecular complexity index is 366. The minimum absolute atomic E-state index is 0.0360. The summed E-state index contributed by atoms with van der Waals surface area (Å²) in [5, 5.41) is 0. The molecule has 0 aromatic carbocycles. The number of fused-ring (bicyclic) bond motifs is 1. The van der Waals surface area contributed by atoms with Gasteiger partial charge < -0.3 is 4.74 Å². The highest BCUT2D eigenvalue weighted by Gasteiger charge is 2.94. The number of hydrogen-bond donors (Lipinski definition) is 0. The predicted octanol–water partition coefficient (Wildman–Crippen LogP) is 0.0961. The van der Waals surface area contributed by atoms with Gasteiger partial charge in [-0.3, -0.25) is 14.4 Å². The molecule has 0 amide bonds. The van der Waals surface area contributed by atoms with Gasteiger partial charge in [0.2, 0.25) is 0 Å². The molecule has 3 aliphatic rings. The Labute approximate surface area is 80.6 Å². The molecule has 0 radical (unpaired) electrons. The fourth-order valence-corrected chi connectivity index (χ4v) is 3.01. The van der Waals surface area contributed by atoms with Gasteiger partial charge in [0.1, 0.15) is 17.7 Å². The highest BCUT2D eigenvalue weighted by Crippen LogP contribution is 2.83.